The smallest absolute Gasteiger partial charge is 0.0366 e. The molecule has 50 valence electrons. The van der Waals surface area contributed by atoms with Gasteiger partial charge in [-0.05, 0) is 25.9 Å². The first-order chi connectivity index (χ1) is 5.97. The van der Waals surface area contributed by atoms with Crippen LogP contribution in [0.2, 0.25) is 0 Å². The Labute approximate surface area is 66.1 Å². The van der Waals surface area contributed by atoms with Crippen molar-refractivity contribution in [3.05, 3.63) is 35.4 Å². The van der Waals surface area contributed by atoms with E-state index in [4.69, 9.17) is 4.11 Å². The third kappa shape index (κ3) is 1.63. The van der Waals surface area contributed by atoms with Crippen LogP contribution in [0.25, 0.3) is 0 Å². The van der Waals surface area contributed by atoms with Gasteiger partial charge in [0.25, 0.3) is 0 Å². The zero-order chi connectivity index (χ0) is 9.90. The molecule has 0 amide bonds. The van der Waals surface area contributed by atoms with Gasteiger partial charge in [-0.2, -0.15) is 0 Å². The Hall–Kier alpha value is -1.22. The molecule has 0 N–H and O–H groups in total. The molecular weight excluding hydrogens is 120 g/mol. The van der Waals surface area contributed by atoms with Gasteiger partial charge in [-0.15, -0.1) is 5.92 Å². The maximum absolute atomic E-state index is 6.88. The third-order valence-corrected chi connectivity index (χ3v) is 1.26. The van der Waals surface area contributed by atoms with Crippen LogP contribution in [0.5, 0.6) is 0 Å². The first-order valence-corrected chi connectivity index (χ1v) is 3.07. The summed E-state index contributed by atoms with van der Waals surface area (Å²) >= 11 is 0. The summed E-state index contributed by atoms with van der Waals surface area (Å²) in [5, 5.41) is 0. The number of rotatable bonds is 0. The van der Waals surface area contributed by atoms with Crippen molar-refractivity contribution >= 4 is 0 Å². The van der Waals surface area contributed by atoms with Gasteiger partial charge in [-0.1, -0.05) is 23.6 Å². The van der Waals surface area contributed by atoms with E-state index in [0.717, 1.165) is 11.1 Å². The number of hydrogen-bond acceptors (Lipinski definition) is 0. The van der Waals surface area contributed by atoms with E-state index in [1.807, 2.05) is 31.2 Å². The molecule has 0 heterocycles. The second kappa shape index (κ2) is 3.08. The summed E-state index contributed by atoms with van der Waals surface area (Å²) in [4.78, 5) is 0. The summed E-state index contributed by atoms with van der Waals surface area (Å²) in [5.74, 6) is 4.81. The minimum absolute atomic E-state index is 0.738. The van der Waals surface area contributed by atoms with Crippen molar-refractivity contribution in [1.82, 2.24) is 0 Å². The van der Waals surface area contributed by atoms with E-state index in [9.17, 15) is 0 Å². The van der Waals surface area contributed by atoms with E-state index < -0.39 is 6.85 Å². The van der Waals surface area contributed by atoms with Gasteiger partial charge in [0.05, 0.1) is 0 Å². The van der Waals surface area contributed by atoms with Crippen molar-refractivity contribution in [2.24, 2.45) is 0 Å². The highest BCUT2D eigenvalue weighted by Crippen LogP contribution is 2.00. The fraction of sp³-hybridized carbons (Fsp3) is 0.200. The van der Waals surface area contributed by atoms with Gasteiger partial charge >= 0.3 is 0 Å². The summed E-state index contributed by atoms with van der Waals surface area (Å²) in [6.45, 7) is -0.189. The third-order valence-electron chi connectivity index (χ3n) is 1.26. The lowest BCUT2D eigenvalue weighted by atomic mass is 10.2. The molecule has 0 nitrogen and oxygen atoms in total. The molecule has 1 rings (SSSR count). The molecule has 0 saturated carbocycles. The molecule has 0 atom stereocenters. The highest BCUT2D eigenvalue weighted by atomic mass is 13.9. The van der Waals surface area contributed by atoms with Crippen molar-refractivity contribution in [2.75, 3.05) is 0 Å². The number of benzene rings is 1. The molecular formula is C10H10. The molecule has 1 aromatic carbocycles. The summed E-state index contributed by atoms with van der Waals surface area (Å²) < 4.78 is 20.6. The fourth-order valence-corrected chi connectivity index (χ4v) is 0.709. The molecule has 0 heteroatoms. The Bertz CT molecular complexity index is 335. The molecule has 0 spiro atoms. The normalized spacial score (nSPS) is 13.9. The standard InChI is InChI=1S/C10H10/c1-3-4-10-7-5-9(2)6-8-10/h5-8H,1-2H3/i1D3. The molecule has 1 aromatic rings. The summed E-state index contributed by atoms with van der Waals surface area (Å²) in [5.41, 5.74) is 1.88. The van der Waals surface area contributed by atoms with Crippen LogP contribution in [0, 0.1) is 18.8 Å². The van der Waals surface area contributed by atoms with Crippen molar-refractivity contribution in [3.8, 4) is 11.8 Å². The summed E-state index contributed by atoms with van der Waals surface area (Å²) in [6, 6.07) is 7.44. The van der Waals surface area contributed by atoms with E-state index in [2.05, 4.69) is 11.8 Å². The largest absolute Gasteiger partial charge is 0.101 e. The molecule has 0 bridgehead atoms. The Morgan fingerprint density at radius 1 is 1.30 bits per heavy atom. The van der Waals surface area contributed by atoms with Gasteiger partial charge in [0.2, 0.25) is 0 Å². The van der Waals surface area contributed by atoms with Crippen LogP contribution in [0.1, 0.15) is 22.1 Å². The minimum atomic E-state index is -2.16. The van der Waals surface area contributed by atoms with Gasteiger partial charge in [-0.3, -0.25) is 0 Å². The highest BCUT2D eigenvalue weighted by Gasteiger charge is 1.83. The first-order valence-electron chi connectivity index (χ1n) is 4.57. The molecule has 0 saturated heterocycles. The minimum Gasteiger partial charge on any atom is -0.101 e. The van der Waals surface area contributed by atoms with Crippen LogP contribution in [0.4, 0.5) is 0 Å². The molecule has 0 aliphatic rings. The maximum atomic E-state index is 6.88. The molecule has 0 aliphatic carbocycles. The van der Waals surface area contributed by atoms with Gasteiger partial charge in [-0.25, -0.2) is 0 Å². The van der Waals surface area contributed by atoms with Gasteiger partial charge < -0.3 is 0 Å². The predicted octanol–water partition coefficient (Wildman–Crippen LogP) is 2.37. The average molecular weight is 133 g/mol. The zero-order valence-corrected chi connectivity index (χ0v) is 5.81. The van der Waals surface area contributed by atoms with Crippen LogP contribution < -0.4 is 0 Å². The fourth-order valence-electron chi connectivity index (χ4n) is 0.709. The highest BCUT2D eigenvalue weighted by molar-refractivity contribution is 5.35. The quantitative estimate of drug-likeness (QED) is 0.477. The molecule has 0 fully saturated rings. The number of hydrogen-bond donors (Lipinski definition) is 0. The Morgan fingerprint density at radius 3 is 2.60 bits per heavy atom. The second-order valence-corrected chi connectivity index (χ2v) is 2.12. The number of aryl methyl sites for hydroxylation is 1. The lowest BCUT2D eigenvalue weighted by Crippen LogP contribution is -1.73. The van der Waals surface area contributed by atoms with Crippen molar-refractivity contribution < 1.29 is 4.11 Å². The van der Waals surface area contributed by atoms with Crippen molar-refractivity contribution in [1.29, 1.82) is 0 Å². The van der Waals surface area contributed by atoms with Gasteiger partial charge in [0, 0.05) is 9.68 Å². The molecule has 0 aliphatic heterocycles. The maximum Gasteiger partial charge on any atom is 0.0366 e. The Morgan fingerprint density at radius 2 is 2.00 bits per heavy atom. The Balaban J connectivity index is 2.85. The van der Waals surface area contributed by atoms with E-state index in [-0.39, 0.29) is 0 Å². The average Bonchev–Trinajstić information content (AvgIpc) is 2.02. The topological polar surface area (TPSA) is 0 Å². The summed E-state index contributed by atoms with van der Waals surface area (Å²) in [7, 11) is 0. The predicted molar refractivity (Wildman–Crippen MR) is 43.7 cm³/mol. The van der Waals surface area contributed by atoms with E-state index >= 15 is 0 Å². The summed E-state index contributed by atoms with van der Waals surface area (Å²) in [6.07, 6.45) is 0. The lowest BCUT2D eigenvalue weighted by Gasteiger charge is -1.90. The van der Waals surface area contributed by atoms with E-state index in [1.54, 1.807) is 0 Å². The molecule has 0 radical (unpaired) electrons. The van der Waals surface area contributed by atoms with Crippen LogP contribution in [-0.2, 0) is 0 Å². The van der Waals surface area contributed by atoms with Crippen LogP contribution in [-0.4, -0.2) is 0 Å². The molecule has 0 aromatic heterocycles. The molecule has 0 unspecified atom stereocenters. The van der Waals surface area contributed by atoms with Crippen LogP contribution >= 0.6 is 0 Å². The van der Waals surface area contributed by atoms with E-state index in [0.29, 0.717) is 0 Å². The van der Waals surface area contributed by atoms with Crippen molar-refractivity contribution in [2.45, 2.75) is 13.8 Å². The SMILES string of the molecule is [2H]C([2H])([2H])C#Cc1ccc(C)cc1. The van der Waals surface area contributed by atoms with Gasteiger partial charge in [0.1, 0.15) is 0 Å². The van der Waals surface area contributed by atoms with Crippen molar-refractivity contribution in [3.63, 3.8) is 0 Å². The Kier molecular flexibility index (Phi) is 1.18. The van der Waals surface area contributed by atoms with Crippen LogP contribution in [0.3, 0.4) is 0 Å². The zero-order valence-electron chi connectivity index (χ0n) is 8.81. The van der Waals surface area contributed by atoms with E-state index in [1.165, 1.54) is 0 Å². The monoisotopic (exact) mass is 133 g/mol. The van der Waals surface area contributed by atoms with Crippen LogP contribution in [0.15, 0.2) is 24.3 Å². The first kappa shape index (κ1) is 3.83. The second-order valence-electron chi connectivity index (χ2n) is 2.12. The van der Waals surface area contributed by atoms with Gasteiger partial charge in [0.15, 0.2) is 0 Å². The lowest BCUT2D eigenvalue weighted by molar-refractivity contribution is 1.46. The molecule has 10 heavy (non-hydrogen) atoms.